The molecule has 0 radical (unpaired) electrons. The van der Waals surface area contributed by atoms with E-state index in [9.17, 15) is 13.2 Å². The highest BCUT2D eigenvalue weighted by atomic mass is 35.5. The van der Waals surface area contributed by atoms with Crippen LogP contribution in [0, 0.1) is 5.82 Å². The molecular formula is C9H4ClF3S. The maximum absolute atomic E-state index is 13.1. The molecule has 0 amide bonds. The van der Waals surface area contributed by atoms with E-state index in [1.807, 2.05) is 0 Å². The molecule has 5 heteroatoms. The normalized spacial score (nSPS) is 11.5. The molecule has 0 aliphatic rings. The van der Waals surface area contributed by atoms with Crippen LogP contribution < -0.4 is 0 Å². The third kappa shape index (κ3) is 1.48. The minimum atomic E-state index is -2.63. The lowest BCUT2D eigenvalue weighted by molar-refractivity contribution is 0.153. The molecule has 0 aliphatic heterocycles. The molecule has 0 N–H and O–H groups in total. The lowest BCUT2D eigenvalue weighted by Crippen LogP contribution is -1.84. The Balaban J connectivity index is 2.82. The first-order valence-corrected chi connectivity index (χ1v) is 4.99. The van der Waals surface area contributed by atoms with Gasteiger partial charge in [-0.05, 0) is 12.1 Å². The number of benzene rings is 1. The summed E-state index contributed by atoms with van der Waals surface area (Å²) in [6, 6.07) is 2.53. The molecule has 14 heavy (non-hydrogen) atoms. The van der Waals surface area contributed by atoms with E-state index >= 15 is 0 Å². The quantitative estimate of drug-likeness (QED) is 0.677. The Morgan fingerprint density at radius 2 is 2.00 bits per heavy atom. The zero-order valence-electron chi connectivity index (χ0n) is 6.73. The second-order valence-electron chi connectivity index (χ2n) is 2.76. The highest BCUT2D eigenvalue weighted by Crippen LogP contribution is 2.35. The van der Waals surface area contributed by atoms with E-state index in [4.69, 9.17) is 11.6 Å². The Labute approximate surface area is 86.9 Å². The van der Waals surface area contributed by atoms with Crippen molar-refractivity contribution in [3.8, 4) is 0 Å². The third-order valence-corrected chi connectivity index (χ3v) is 3.09. The van der Waals surface area contributed by atoms with Crippen molar-refractivity contribution in [2.75, 3.05) is 0 Å². The average molecular weight is 237 g/mol. The standard InChI is InChI=1S/C9H4ClF3S/c10-4-1-5-7(11)3-14-8(5)6(2-4)9(12)13/h1-3,9H. The molecule has 74 valence electrons. The molecule has 0 spiro atoms. The van der Waals surface area contributed by atoms with Gasteiger partial charge in [-0.15, -0.1) is 11.3 Å². The minimum Gasteiger partial charge on any atom is -0.205 e. The van der Waals surface area contributed by atoms with Gasteiger partial charge in [-0.1, -0.05) is 11.6 Å². The molecule has 0 bridgehead atoms. The summed E-state index contributed by atoms with van der Waals surface area (Å²) in [5.41, 5.74) is -0.207. The lowest BCUT2D eigenvalue weighted by atomic mass is 10.2. The number of thiophene rings is 1. The summed E-state index contributed by atoms with van der Waals surface area (Å²) in [6.45, 7) is 0. The van der Waals surface area contributed by atoms with Gasteiger partial charge in [0.25, 0.3) is 6.43 Å². The van der Waals surface area contributed by atoms with Gasteiger partial charge < -0.3 is 0 Å². The van der Waals surface area contributed by atoms with E-state index in [-0.39, 0.29) is 20.7 Å². The molecule has 1 aromatic heterocycles. The SMILES string of the molecule is Fc1csc2c(C(F)F)cc(Cl)cc12. The van der Waals surface area contributed by atoms with Gasteiger partial charge in [0.05, 0.1) is 0 Å². The Bertz CT molecular complexity index is 478. The first-order valence-electron chi connectivity index (χ1n) is 3.74. The number of hydrogen-bond donors (Lipinski definition) is 0. The molecular weight excluding hydrogens is 233 g/mol. The Morgan fingerprint density at radius 1 is 1.29 bits per heavy atom. The Hall–Kier alpha value is -0.740. The zero-order valence-corrected chi connectivity index (χ0v) is 8.30. The van der Waals surface area contributed by atoms with E-state index in [1.165, 1.54) is 17.5 Å². The van der Waals surface area contributed by atoms with Gasteiger partial charge in [-0.2, -0.15) is 0 Å². The average Bonchev–Trinajstić information content (AvgIpc) is 2.47. The fourth-order valence-corrected chi connectivity index (χ4v) is 2.40. The maximum atomic E-state index is 13.1. The summed E-state index contributed by atoms with van der Waals surface area (Å²) in [5, 5.41) is 1.50. The van der Waals surface area contributed by atoms with Crippen LogP contribution in [0.25, 0.3) is 10.1 Å². The number of hydrogen-bond acceptors (Lipinski definition) is 1. The summed E-state index contributed by atoms with van der Waals surface area (Å²) >= 11 is 6.57. The number of alkyl halides is 2. The molecule has 2 aromatic rings. The van der Waals surface area contributed by atoms with Crippen LogP contribution in [0.4, 0.5) is 13.2 Å². The molecule has 0 fully saturated rings. The number of halogens is 4. The van der Waals surface area contributed by atoms with Crippen molar-refractivity contribution in [2.45, 2.75) is 6.43 Å². The fraction of sp³-hybridized carbons (Fsp3) is 0.111. The highest BCUT2D eigenvalue weighted by molar-refractivity contribution is 7.17. The molecule has 0 unspecified atom stereocenters. The molecule has 0 saturated heterocycles. The number of rotatable bonds is 1. The summed E-state index contributed by atoms with van der Waals surface area (Å²) in [4.78, 5) is 0. The minimum absolute atomic E-state index is 0.130. The summed E-state index contributed by atoms with van der Waals surface area (Å²) < 4.78 is 38.4. The smallest absolute Gasteiger partial charge is 0.205 e. The summed E-state index contributed by atoms with van der Waals surface area (Å²) in [5.74, 6) is -0.505. The summed E-state index contributed by atoms with van der Waals surface area (Å²) in [7, 11) is 0. The summed E-state index contributed by atoms with van der Waals surface area (Å²) in [6.07, 6.45) is -2.63. The van der Waals surface area contributed by atoms with Crippen molar-refractivity contribution >= 4 is 33.0 Å². The molecule has 1 aromatic carbocycles. The van der Waals surface area contributed by atoms with Crippen molar-refractivity contribution in [3.05, 3.63) is 33.9 Å². The van der Waals surface area contributed by atoms with Crippen LogP contribution in [0.5, 0.6) is 0 Å². The van der Waals surface area contributed by atoms with Crippen LogP contribution in [0.1, 0.15) is 12.0 Å². The third-order valence-electron chi connectivity index (χ3n) is 1.86. The second-order valence-corrected chi connectivity index (χ2v) is 4.07. The van der Waals surface area contributed by atoms with Crippen molar-refractivity contribution in [3.63, 3.8) is 0 Å². The predicted molar refractivity (Wildman–Crippen MR) is 51.8 cm³/mol. The van der Waals surface area contributed by atoms with Crippen molar-refractivity contribution in [2.24, 2.45) is 0 Å². The Morgan fingerprint density at radius 3 is 2.64 bits per heavy atom. The molecule has 0 nitrogen and oxygen atoms in total. The van der Waals surface area contributed by atoms with E-state index in [0.717, 1.165) is 11.3 Å². The van der Waals surface area contributed by atoms with Crippen LogP contribution in [-0.2, 0) is 0 Å². The highest BCUT2D eigenvalue weighted by Gasteiger charge is 2.16. The number of fused-ring (bicyclic) bond motifs is 1. The topological polar surface area (TPSA) is 0 Å². The van der Waals surface area contributed by atoms with Crippen LogP contribution in [-0.4, -0.2) is 0 Å². The second kappa shape index (κ2) is 3.44. The van der Waals surface area contributed by atoms with E-state index in [1.54, 1.807) is 0 Å². The van der Waals surface area contributed by atoms with Crippen molar-refractivity contribution in [1.82, 2.24) is 0 Å². The van der Waals surface area contributed by atoms with Crippen LogP contribution in [0.15, 0.2) is 17.5 Å². The van der Waals surface area contributed by atoms with Crippen LogP contribution in [0.3, 0.4) is 0 Å². The molecule has 0 atom stereocenters. The molecule has 2 rings (SSSR count). The van der Waals surface area contributed by atoms with Gasteiger partial charge in [0, 0.05) is 26.1 Å². The lowest BCUT2D eigenvalue weighted by Gasteiger charge is -2.02. The van der Waals surface area contributed by atoms with Crippen LogP contribution >= 0.6 is 22.9 Å². The largest absolute Gasteiger partial charge is 0.265 e. The van der Waals surface area contributed by atoms with Crippen molar-refractivity contribution < 1.29 is 13.2 Å². The van der Waals surface area contributed by atoms with Crippen molar-refractivity contribution in [1.29, 1.82) is 0 Å². The zero-order chi connectivity index (χ0) is 10.3. The van der Waals surface area contributed by atoms with Gasteiger partial charge in [-0.3, -0.25) is 0 Å². The monoisotopic (exact) mass is 236 g/mol. The molecule has 0 aliphatic carbocycles. The van der Waals surface area contributed by atoms with E-state index in [2.05, 4.69) is 0 Å². The predicted octanol–water partition coefficient (Wildman–Crippen LogP) is 4.63. The van der Waals surface area contributed by atoms with E-state index < -0.39 is 12.2 Å². The molecule has 1 heterocycles. The first kappa shape index (κ1) is 9.80. The maximum Gasteiger partial charge on any atom is 0.265 e. The van der Waals surface area contributed by atoms with Gasteiger partial charge >= 0.3 is 0 Å². The van der Waals surface area contributed by atoms with Crippen LogP contribution in [0.2, 0.25) is 5.02 Å². The van der Waals surface area contributed by atoms with Gasteiger partial charge in [0.1, 0.15) is 5.82 Å². The van der Waals surface area contributed by atoms with Gasteiger partial charge in [-0.25, -0.2) is 13.2 Å². The fourth-order valence-electron chi connectivity index (χ4n) is 1.26. The molecule has 0 saturated carbocycles. The van der Waals surface area contributed by atoms with Gasteiger partial charge in [0.15, 0.2) is 0 Å². The van der Waals surface area contributed by atoms with Gasteiger partial charge in [0.2, 0.25) is 0 Å². The Kier molecular flexibility index (Phi) is 2.41. The van der Waals surface area contributed by atoms with E-state index in [0.29, 0.717) is 0 Å². The first-order chi connectivity index (χ1) is 6.59.